The van der Waals surface area contributed by atoms with Gasteiger partial charge in [0.25, 0.3) is 0 Å². The van der Waals surface area contributed by atoms with E-state index in [1.165, 1.54) is 55.6 Å². The van der Waals surface area contributed by atoms with Crippen molar-refractivity contribution in [2.24, 2.45) is 0 Å². The number of anilines is 5. The lowest BCUT2D eigenvalue weighted by Gasteiger charge is -2.30. The molecule has 1 aliphatic rings. The summed E-state index contributed by atoms with van der Waals surface area (Å²) in [6.07, 6.45) is 31.7. The summed E-state index contributed by atoms with van der Waals surface area (Å²) in [5.41, 5.74) is 20.9. The van der Waals surface area contributed by atoms with Gasteiger partial charge in [-0.15, -0.1) is 6.58 Å². The molecule has 6 aromatic rings. The third kappa shape index (κ3) is 17.4. The number of rotatable bonds is 17. The Bertz CT molecular complexity index is 3050. The molecule has 0 radical (unpaired) electrons. The summed E-state index contributed by atoms with van der Waals surface area (Å²) in [5.74, 6) is 0. The third-order valence-electron chi connectivity index (χ3n) is 12.5. The smallest absolute Gasteiger partial charge is 0.0712 e. The maximum Gasteiger partial charge on any atom is 0.0712 e. The molecular formula is C73H83N3. The lowest BCUT2D eigenvalue weighted by atomic mass is 9.89. The SMILES string of the molecule is C=C/C=C(\C=C/Cc1cc(-c2ccc(N(C(/C=C\C(=C)C)=C/C)c3ccc(C)cc3)cc2)c(C)c(-c2ccc(N(c3ccc(C)cc3)C3C=CC=C(C)C=C3)cc2)c1)N(C)c1ccc(C)cc1.C=CC.C=CC=C.CC. The average molecular weight is 1000 g/mol. The minimum absolute atomic E-state index is 0.0618. The summed E-state index contributed by atoms with van der Waals surface area (Å²) in [7, 11) is 2.11. The van der Waals surface area contributed by atoms with Crippen LogP contribution in [0.2, 0.25) is 0 Å². The second kappa shape index (κ2) is 31.4. The molecule has 0 aromatic heterocycles. The summed E-state index contributed by atoms with van der Waals surface area (Å²) in [5, 5.41) is 0. The van der Waals surface area contributed by atoms with Crippen molar-refractivity contribution in [3.8, 4) is 22.3 Å². The van der Waals surface area contributed by atoms with Crippen molar-refractivity contribution in [2.75, 3.05) is 21.7 Å². The van der Waals surface area contributed by atoms with Crippen LogP contribution in [0.3, 0.4) is 0 Å². The minimum Gasteiger partial charge on any atom is -0.345 e. The van der Waals surface area contributed by atoms with E-state index in [4.69, 9.17) is 0 Å². The zero-order valence-corrected chi connectivity index (χ0v) is 47.5. The van der Waals surface area contributed by atoms with Gasteiger partial charge < -0.3 is 14.7 Å². The molecule has 1 atom stereocenters. The first kappa shape index (κ1) is 60.2. The predicted octanol–water partition coefficient (Wildman–Crippen LogP) is 20.9. The van der Waals surface area contributed by atoms with Gasteiger partial charge in [-0.05, 0) is 174 Å². The topological polar surface area (TPSA) is 9.72 Å². The van der Waals surface area contributed by atoms with Crippen LogP contribution in [0.5, 0.6) is 0 Å². The van der Waals surface area contributed by atoms with Gasteiger partial charge in [0.05, 0.1) is 6.04 Å². The second-order valence-electron chi connectivity index (χ2n) is 18.5. The summed E-state index contributed by atoms with van der Waals surface area (Å²) in [6, 6.07) is 49.2. The molecule has 0 saturated heterocycles. The molecule has 390 valence electrons. The second-order valence-corrected chi connectivity index (χ2v) is 18.5. The van der Waals surface area contributed by atoms with Gasteiger partial charge in [-0.25, -0.2) is 0 Å². The molecule has 76 heavy (non-hydrogen) atoms. The monoisotopic (exact) mass is 1000 g/mol. The molecule has 0 fully saturated rings. The fraction of sp³-hybridized carbons (Fsp3) is 0.178. The van der Waals surface area contributed by atoms with E-state index in [-0.39, 0.29) is 6.04 Å². The maximum absolute atomic E-state index is 4.12. The van der Waals surface area contributed by atoms with Crippen LogP contribution in [0.25, 0.3) is 22.3 Å². The van der Waals surface area contributed by atoms with Crippen LogP contribution in [0.1, 0.15) is 69.4 Å². The number of aryl methyl sites for hydroxylation is 3. The number of hydrogen-bond donors (Lipinski definition) is 0. The van der Waals surface area contributed by atoms with Gasteiger partial charge in [0, 0.05) is 46.9 Å². The highest BCUT2D eigenvalue weighted by Crippen LogP contribution is 2.39. The molecular weight excluding hydrogens is 919 g/mol. The van der Waals surface area contributed by atoms with Crippen molar-refractivity contribution in [2.45, 2.75) is 81.7 Å². The van der Waals surface area contributed by atoms with Crippen LogP contribution in [0, 0.1) is 27.7 Å². The van der Waals surface area contributed by atoms with Crippen molar-refractivity contribution < 1.29 is 0 Å². The van der Waals surface area contributed by atoms with E-state index in [1.807, 2.05) is 33.8 Å². The summed E-state index contributed by atoms with van der Waals surface area (Å²) >= 11 is 0. The van der Waals surface area contributed by atoms with E-state index in [1.54, 1.807) is 18.2 Å². The molecule has 7 rings (SSSR count). The van der Waals surface area contributed by atoms with Crippen LogP contribution < -0.4 is 14.7 Å². The van der Waals surface area contributed by atoms with Gasteiger partial charge in [0.1, 0.15) is 0 Å². The average Bonchev–Trinajstić information content (AvgIpc) is 3.65. The fourth-order valence-corrected chi connectivity index (χ4v) is 8.45. The number of hydrogen-bond acceptors (Lipinski definition) is 3. The van der Waals surface area contributed by atoms with Gasteiger partial charge in [0.15, 0.2) is 0 Å². The minimum atomic E-state index is 0.0618. The number of nitrogens with zero attached hydrogens (tertiary/aromatic N) is 3. The maximum atomic E-state index is 4.12. The lowest BCUT2D eigenvalue weighted by molar-refractivity contribution is 0.943. The Hall–Kier alpha value is -8.40. The fourth-order valence-electron chi connectivity index (χ4n) is 8.45. The van der Waals surface area contributed by atoms with E-state index < -0.39 is 0 Å². The first-order valence-corrected chi connectivity index (χ1v) is 26.5. The van der Waals surface area contributed by atoms with Crippen molar-refractivity contribution >= 4 is 28.4 Å². The molecule has 0 heterocycles. The molecule has 1 unspecified atom stereocenters. The largest absolute Gasteiger partial charge is 0.345 e. The van der Waals surface area contributed by atoms with Crippen LogP contribution in [-0.4, -0.2) is 13.1 Å². The van der Waals surface area contributed by atoms with Gasteiger partial charge in [-0.3, -0.25) is 0 Å². The molecule has 0 bridgehead atoms. The molecule has 1 aliphatic carbocycles. The lowest BCUT2D eigenvalue weighted by Crippen LogP contribution is -2.27. The Labute approximate surface area is 459 Å². The first-order valence-electron chi connectivity index (χ1n) is 26.5. The Balaban J connectivity index is 0.00000129. The Morgan fingerprint density at radius 3 is 1.45 bits per heavy atom. The van der Waals surface area contributed by atoms with Crippen molar-refractivity contribution in [1.82, 2.24) is 0 Å². The highest BCUT2D eigenvalue weighted by atomic mass is 15.2. The standard InChI is InChI=1S/C64H65N3.C4H6.C3H6.C2H6/c1-11-15-56(65(10)57-33-21-48(6)22-34-57)18-14-17-52-44-63(53-28-40-61(41-29-53)66(55(12-2)32-20-46(3)4)59-36-24-49(7)25-37-59)51(9)64(45-52)54-30-42-62(43-31-54)67(60-38-26-50(8)27-39-60)58-19-13-16-47(5)23-35-58;1-3-4-2;1-3-2;1-2/h11-16,18-45,58H,1,3,17H2,2,4-10H3;3-4H,1-2H2;3H,1H2,2H3;1-2H3/b18-14-,32-20-,55-12+,56-15+;;;. The van der Waals surface area contributed by atoms with Gasteiger partial charge in [-0.1, -0.05) is 214 Å². The number of benzene rings is 6. The molecule has 0 spiro atoms. The molecule has 0 saturated carbocycles. The Morgan fingerprint density at radius 2 is 1.00 bits per heavy atom. The Morgan fingerprint density at radius 1 is 0.553 bits per heavy atom. The molecule has 0 N–H and O–H groups in total. The van der Waals surface area contributed by atoms with Crippen LogP contribution in [-0.2, 0) is 6.42 Å². The van der Waals surface area contributed by atoms with Gasteiger partial charge in [-0.2, -0.15) is 0 Å². The molecule has 6 aromatic carbocycles. The van der Waals surface area contributed by atoms with Gasteiger partial charge in [0.2, 0.25) is 0 Å². The zero-order chi connectivity index (χ0) is 55.6. The van der Waals surface area contributed by atoms with E-state index in [9.17, 15) is 0 Å². The quantitative estimate of drug-likeness (QED) is 0.0666. The van der Waals surface area contributed by atoms with E-state index in [0.29, 0.717) is 0 Å². The predicted molar refractivity (Wildman–Crippen MR) is 341 cm³/mol. The normalized spacial score (nSPS) is 12.9. The molecule has 0 amide bonds. The molecule has 0 aliphatic heterocycles. The van der Waals surface area contributed by atoms with Crippen LogP contribution in [0.15, 0.2) is 280 Å². The van der Waals surface area contributed by atoms with E-state index in [0.717, 1.165) is 51.8 Å². The first-order chi connectivity index (χ1) is 36.7. The van der Waals surface area contributed by atoms with Crippen LogP contribution in [0.4, 0.5) is 28.4 Å². The van der Waals surface area contributed by atoms with E-state index in [2.05, 4.69) is 296 Å². The van der Waals surface area contributed by atoms with Crippen molar-refractivity contribution in [3.05, 3.63) is 308 Å². The summed E-state index contributed by atoms with van der Waals surface area (Å²) < 4.78 is 0. The Kier molecular flexibility index (Phi) is 24.8. The molecule has 3 heteroatoms. The highest BCUT2D eigenvalue weighted by Gasteiger charge is 2.19. The van der Waals surface area contributed by atoms with Crippen LogP contribution >= 0.6 is 0 Å². The molecule has 3 nitrogen and oxygen atoms in total. The zero-order valence-electron chi connectivity index (χ0n) is 47.5. The summed E-state index contributed by atoms with van der Waals surface area (Å²) in [6.45, 7) is 39.0. The highest BCUT2D eigenvalue weighted by molar-refractivity contribution is 5.82. The van der Waals surface area contributed by atoms with Gasteiger partial charge >= 0.3 is 0 Å². The third-order valence-corrected chi connectivity index (χ3v) is 12.5. The summed E-state index contributed by atoms with van der Waals surface area (Å²) in [4.78, 5) is 6.93. The van der Waals surface area contributed by atoms with Crippen molar-refractivity contribution in [3.63, 3.8) is 0 Å². The van der Waals surface area contributed by atoms with Crippen molar-refractivity contribution in [1.29, 1.82) is 0 Å². The van der Waals surface area contributed by atoms with E-state index >= 15 is 0 Å². The number of likely N-dealkylation sites (N-methyl/N-ethyl adjacent to an activating group) is 1. The number of allylic oxidation sites excluding steroid dienone is 15.